The number of benzene rings is 3. The van der Waals surface area contributed by atoms with Crippen LogP contribution in [0.1, 0.15) is 10.4 Å². The van der Waals surface area contributed by atoms with Gasteiger partial charge in [0.15, 0.2) is 0 Å². The number of aromatic nitrogens is 2. The highest BCUT2D eigenvalue weighted by molar-refractivity contribution is 6.09. The van der Waals surface area contributed by atoms with Crippen LogP contribution in [-0.4, -0.2) is 30.1 Å². The van der Waals surface area contributed by atoms with E-state index in [4.69, 9.17) is 9.47 Å². The average molecular weight is 439 g/mol. The van der Waals surface area contributed by atoms with E-state index in [1.54, 1.807) is 32.4 Å². The molecule has 7 heteroatoms. The Hall–Kier alpha value is -4.52. The van der Waals surface area contributed by atoms with Gasteiger partial charge in [0.05, 0.1) is 25.5 Å². The monoisotopic (exact) mass is 439 g/mol. The molecule has 3 aromatic carbocycles. The Morgan fingerprint density at radius 1 is 0.879 bits per heavy atom. The van der Waals surface area contributed by atoms with E-state index in [0.29, 0.717) is 39.2 Å². The fourth-order valence-corrected chi connectivity index (χ4v) is 4.05. The molecule has 0 radical (unpaired) electrons. The third-order valence-corrected chi connectivity index (χ3v) is 5.67. The number of aromatic amines is 2. The number of rotatable bonds is 5. The zero-order chi connectivity index (χ0) is 22.9. The zero-order valence-electron chi connectivity index (χ0n) is 18.1. The average Bonchev–Trinajstić information content (AvgIpc) is 3.30. The van der Waals surface area contributed by atoms with Gasteiger partial charge in [-0.3, -0.25) is 9.59 Å². The van der Waals surface area contributed by atoms with E-state index in [1.807, 2.05) is 48.7 Å². The van der Waals surface area contributed by atoms with E-state index in [2.05, 4.69) is 15.3 Å². The minimum Gasteiger partial charge on any atom is -0.496 e. The molecule has 0 atom stereocenters. The molecule has 3 N–H and O–H groups in total. The number of pyridine rings is 1. The normalized spacial score (nSPS) is 11.0. The second-order valence-electron chi connectivity index (χ2n) is 7.53. The van der Waals surface area contributed by atoms with Crippen LogP contribution >= 0.6 is 0 Å². The lowest BCUT2D eigenvalue weighted by molar-refractivity contribution is 0.102. The summed E-state index contributed by atoms with van der Waals surface area (Å²) in [4.78, 5) is 32.4. The minimum absolute atomic E-state index is 0.0261. The zero-order valence-corrected chi connectivity index (χ0v) is 18.1. The van der Waals surface area contributed by atoms with Crippen LogP contribution in [0.15, 0.2) is 77.9 Å². The molecule has 0 aliphatic heterocycles. The maximum Gasteiger partial charge on any atom is 0.261 e. The van der Waals surface area contributed by atoms with Gasteiger partial charge in [0.2, 0.25) is 5.43 Å². The fourth-order valence-electron chi connectivity index (χ4n) is 4.05. The Balaban J connectivity index is 1.66. The molecule has 164 valence electrons. The van der Waals surface area contributed by atoms with Gasteiger partial charge >= 0.3 is 0 Å². The van der Waals surface area contributed by atoms with Crippen LogP contribution in [0.2, 0.25) is 0 Å². The standard InChI is InChI=1S/C26H21N3O4/c1-32-22-8-5-9-23(33-2)24(22)17-12-15-10-11-27-20(15)13-21(17)29-26(31)18-14-28-19-7-4-3-6-16(19)25(18)30/h3-14,27H,1-2H3,(H,28,30)(H,29,31). The number of carbonyl (C=O) groups excluding carboxylic acids is 1. The van der Waals surface area contributed by atoms with Crippen LogP contribution in [0.5, 0.6) is 11.5 Å². The quantitative estimate of drug-likeness (QED) is 0.361. The lowest BCUT2D eigenvalue weighted by Gasteiger charge is -2.17. The first-order valence-corrected chi connectivity index (χ1v) is 10.3. The summed E-state index contributed by atoms with van der Waals surface area (Å²) in [6, 6.07) is 18.3. The maximum absolute atomic E-state index is 13.2. The number of hydrogen-bond acceptors (Lipinski definition) is 4. The molecule has 0 unspecified atom stereocenters. The predicted molar refractivity (Wildman–Crippen MR) is 129 cm³/mol. The van der Waals surface area contributed by atoms with Gasteiger partial charge in [0, 0.05) is 39.8 Å². The van der Waals surface area contributed by atoms with Crippen molar-refractivity contribution in [2.24, 2.45) is 0 Å². The molecule has 2 heterocycles. The molecule has 1 amide bonds. The molecule has 0 saturated heterocycles. The van der Waals surface area contributed by atoms with Crippen molar-refractivity contribution in [1.82, 2.24) is 9.97 Å². The van der Waals surface area contributed by atoms with E-state index in [9.17, 15) is 9.59 Å². The summed E-state index contributed by atoms with van der Waals surface area (Å²) in [6.45, 7) is 0. The van der Waals surface area contributed by atoms with Crippen molar-refractivity contribution < 1.29 is 14.3 Å². The first-order valence-electron chi connectivity index (χ1n) is 10.3. The highest BCUT2D eigenvalue weighted by Crippen LogP contribution is 2.43. The van der Waals surface area contributed by atoms with Crippen molar-refractivity contribution >= 4 is 33.4 Å². The van der Waals surface area contributed by atoms with Crippen LogP contribution in [0.4, 0.5) is 5.69 Å². The summed E-state index contributed by atoms with van der Waals surface area (Å²) >= 11 is 0. The number of methoxy groups -OCH3 is 2. The Morgan fingerprint density at radius 3 is 2.39 bits per heavy atom. The molecular formula is C26H21N3O4. The summed E-state index contributed by atoms with van der Waals surface area (Å²) in [7, 11) is 3.17. The predicted octanol–water partition coefficient (Wildman–Crippen LogP) is 4.95. The van der Waals surface area contributed by atoms with E-state index in [0.717, 1.165) is 10.9 Å². The number of para-hydroxylation sites is 1. The molecule has 7 nitrogen and oxygen atoms in total. The number of amides is 1. The van der Waals surface area contributed by atoms with Crippen molar-refractivity contribution in [1.29, 1.82) is 0 Å². The van der Waals surface area contributed by atoms with Crippen LogP contribution < -0.4 is 20.2 Å². The Morgan fingerprint density at radius 2 is 1.64 bits per heavy atom. The fraction of sp³-hybridized carbons (Fsp3) is 0.0769. The molecular weight excluding hydrogens is 418 g/mol. The first kappa shape index (κ1) is 20.4. The summed E-state index contributed by atoms with van der Waals surface area (Å²) in [5, 5.41) is 4.34. The van der Waals surface area contributed by atoms with Gasteiger partial charge < -0.3 is 24.8 Å². The molecule has 5 rings (SSSR count). The maximum atomic E-state index is 13.2. The second-order valence-corrected chi connectivity index (χ2v) is 7.53. The van der Waals surface area contributed by atoms with Gasteiger partial charge in [-0.1, -0.05) is 18.2 Å². The van der Waals surface area contributed by atoms with Crippen molar-refractivity contribution in [2.45, 2.75) is 0 Å². The van der Waals surface area contributed by atoms with Crippen LogP contribution in [0.3, 0.4) is 0 Å². The Bertz CT molecular complexity index is 1540. The number of H-pyrrole nitrogens is 2. The molecule has 33 heavy (non-hydrogen) atoms. The van der Waals surface area contributed by atoms with Crippen molar-refractivity contribution in [2.75, 3.05) is 19.5 Å². The van der Waals surface area contributed by atoms with Gasteiger partial charge in [0.25, 0.3) is 5.91 Å². The number of nitrogens with one attached hydrogen (secondary N) is 3. The summed E-state index contributed by atoms with van der Waals surface area (Å²) in [5.74, 6) is 0.689. The molecule has 0 fully saturated rings. The summed E-state index contributed by atoms with van der Waals surface area (Å²) in [5.41, 5.74) is 3.14. The molecule has 0 spiro atoms. The number of ether oxygens (including phenoxy) is 2. The molecule has 0 aliphatic rings. The Labute approximate surface area is 189 Å². The highest BCUT2D eigenvalue weighted by Gasteiger charge is 2.20. The number of fused-ring (bicyclic) bond motifs is 2. The van der Waals surface area contributed by atoms with Gasteiger partial charge in [-0.2, -0.15) is 0 Å². The van der Waals surface area contributed by atoms with Gasteiger partial charge in [-0.05, 0) is 42.5 Å². The van der Waals surface area contributed by atoms with Gasteiger partial charge in [-0.15, -0.1) is 0 Å². The molecule has 0 saturated carbocycles. The first-order chi connectivity index (χ1) is 16.1. The van der Waals surface area contributed by atoms with E-state index in [-0.39, 0.29) is 11.0 Å². The third kappa shape index (κ3) is 3.49. The number of anilines is 1. The van der Waals surface area contributed by atoms with Crippen LogP contribution in [0, 0.1) is 0 Å². The van der Waals surface area contributed by atoms with E-state index in [1.165, 1.54) is 6.20 Å². The molecule has 2 aromatic heterocycles. The van der Waals surface area contributed by atoms with Crippen molar-refractivity contribution in [3.63, 3.8) is 0 Å². The van der Waals surface area contributed by atoms with E-state index < -0.39 is 5.91 Å². The number of carbonyl (C=O) groups is 1. The van der Waals surface area contributed by atoms with Gasteiger partial charge in [-0.25, -0.2) is 0 Å². The topological polar surface area (TPSA) is 96.2 Å². The Kier molecular flexibility index (Phi) is 5.06. The SMILES string of the molecule is COc1cccc(OC)c1-c1cc2cc[nH]c2cc1NC(=O)c1c[nH]c2ccccc2c1=O. The second kappa shape index (κ2) is 8.20. The largest absolute Gasteiger partial charge is 0.496 e. The lowest BCUT2D eigenvalue weighted by Crippen LogP contribution is -2.22. The number of hydrogen-bond donors (Lipinski definition) is 3. The summed E-state index contributed by atoms with van der Waals surface area (Å²) < 4.78 is 11.2. The van der Waals surface area contributed by atoms with Gasteiger partial charge in [0.1, 0.15) is 17.1 Å². The lowest BCUT2D eigenvalue weighted by atomic mass is 9.99. The molecule has 0 aliphatic carbocycles. The van der Waals surface area contributed by atoms with Crippen LogP contribution in [-0.2, 0) is 0 Å². The minimum atomic E-state index is -0.511. The van der Waals surface area contributed by atoms with Crippen molar-refractivity contribution in [3.8, 4) is 22.6 Å². The smallest absolute Gasteiger partial charge is 0.261 e. The molecule has 5 aromatic rings. The van der Waals surface area contributed by atoms with E-state index >= 15 is 0 Å². The van der Waals surface area contributed by atoms with Crippen LogP contribution in [0.25, 0.3) is 32.9 Å². The van der Waals surface area contributed by atoms with Crippen molar-refractivity contribution in [3.05, 3.63) is 88.8 Å². The molecule has 0 bridgehead atoms. The highest BCUT2D eigenvalue weighted by atomic mass is 16.5. The third-order valence-electron chi connectivity index (χ3n) is 5.67. The summed E-state index contributed by atoms with van der Waals surface area (Å²) in [6.07, 6.45) is 3.27.